The van der Waals surface area contributed by atoms with Crippen LogP contribution in [0.3, 0.4) is 0 Å². The van der Waals surface area contributed by atoms with E-state index in [1.165, 1.54) is 30.3 Å². The molecule has 1 N–H and O–H groups in total. The fraction of sp³-hybridized carbons (Fsp3) is 0. The molecule has 2 aromatic rings. The number of hydrogen-bond donors (Lipinski definition) is 1. The lowest BCUT2D eigenvalue weighted by Gasteiger charge is -2.09. The highest BCUT2D eigenvalue weighted by Gasteiger charge is 2.08. The molecular formula is C13H7BrF2N2. The molecule has 0 aliphatic heterocycles. The Hall–Kier alpha value is -1.93. The average molecular weight is 309 g/mol. The maximum atomic E-state index is 13.4. The molecular weight excluding hydrogens is 302 g/mol. The molecule has 2 rings (SSSR count). The summed E-state index contributed by atoms with van der Waals surface area (Å²) in [5, 5.41) is 11.7. The number of nitriles is 1. The normalized spacial score (nSPS) is 9.89. The largest absolute Gasteiger partial charge is 0.354 e. The van der Waals surface area contributed by atoms with Crippen molar-refractivity contribution < 1.29 is 8.78 Å². The van der Waals surface area contributed by atoms with Crippen LogP contribution in [0.5, 0.6) is 0 Å². The molecule has 0 saturated carbocycles. The minimum absolute atomic E-state index is 0.0713. The summed E-state index contributed by atoms with van der Waals surface area (Å²) in [5.41, 5.74) is 0.833. The molecule has 0 aromatic heterocycles. The van der Waals surface area contributed by atoms with Crippen LogP contribution in [0.25, 0.3) is 0 Å². The summed E-state index contributed by atoms with van der Waals surface area (Å²) < 4.78 is 26.7. The van der Waals surface area contributed by atoms with Crippen molar-refractivity contribution in [3.8, 4) is 6.07 Å². The molecule has 0 aliphatic carbocycles. The van der Waals surface area contributed by atoms with Crippen LogP contribution < -0.4 is 5.32 Å². The summed E-state index contributed by atoms with van der Waals surface area (Å²) in [6, 6.07) is 10.4. The molecule has 0 saturated heterocycles. The highest BCUT2D eigenvalue weighted by Crippen LogP contribution is 2.25. The molecule has 2 nitrogen and oxygen atoms in total. The first-order valence-corrected chi connectivity index (χ1v) is 5.82. The van der Waals surface area contributed by atoms with Crippen LogP contribution in [0, 0.1) is 23.0 Å². The molecule has 0 atom stereocenters. The van der Waals surface area contributed by atoms with Gasteiger partial charge in [0.05, 0.1) is 10.2 Å². The molecule has 0 radical (unpaired) electrons. The number of anilines is 2. The summed E-state index contributed by atoms with van der Waals surface area (Å²) >= 11 is 3.06. The van der Waals surface area contributed by atoms with Gasteiger partial charge in [0, 0.05) is 5.69 Å². The van der Waals surface area contributed by atoms with Gasteiger partial charge in [-0.2, -0.15) is 5.26 Å². The molecule has 0 fully saturated rings. The smallest absolute Gasteiger partial charge is 0.143 e. The van der Waals surface area contributed by atoms with Gasteiger partial charge in [-0.25, -0.2) is 8.78 Å². The van der Waals surface area contributed by atoms with Crippen molar-refractivity contribution in [3.63, 3.8) is 0 Å². The molecule has 0 unspecified atom stereocenters. The zero-order valence-corrected chi connectivity index (χ0v) is 10.6. The number of nitrogens with zero attached hydrogens (tertiary/aromatic N) is 1. The predicted octanol–water partition coefficient (Wildman–Crippen LogP) is 4.34. The van der Waals surface area contributed by atoms with Gasteiger partial charge < -0.3 is 5.32 Å². The number of halogens is 3. The van der Waals surface area contributed by atoms with Crippen molar-refractivity contribution in [2.75, 3.05) is 5.32 Å². The Labute approximate surface area is 111 Å². The first-order valence-electron chi connectivity index (χ1n) is 5.02. The highest BCUT2D eigenvalue weighted by molar-refractivity contribution is 9.10. The van der Waals surface area contributed by atoms with E-state index < -0.39 is 5.82 Å². The van der Waals surface area contributed by atoms with E-state index in [1.54, 1.807) is 12.1 Å². The Balaban J connectivity index is 2.37. The van der Waals surface area contributed by atoms with Crippen molar-refractivity contribution in [2.24, 2.45) is 0 Å². The van der Waals surface area contributed by atoms with E-state index in [2.05, 4.69) is 21.2 Å². The Kier molecular flexibility index (Phi) is 3.58. The Bertz CT molecular complexity index is 635. The van der Waals surface area contributed by atoms with Gasteiger partial charge in [-0.15, -0.1) is 0 Å². The lowest BCUT2D eigenvalue weighted by atomic mass is 10.1. The number of rotatable bonds is 2. The zero-order valence-electron chi connectivity index (χ0n) is 9.05. The van der Waals surface area contributed by atoms with Crippen molar-refractivity contribution in [3.05, 3.63) is 58.1 Å². The highest BCUT2D eigenvalue weighted by atomic mass is 79.9. The molecule has 18 heavy (non-hydrogen) atoms. The standard InChI is InChI=1S/C13H7BrF2N2/c14-10-6-8(4-5-12(10)16)18-13-3-1-2-11(15)9(13)7-17/h1-6,18H. The second-order valence-electron chi connectivity index (χ2n) is 3.53. The predicted molar refractivity (Wildman–Crippen MR) is 68.5 cm³/mol. The summed E-state index contributed by atoms with van der Waals surface area (Å²) in [6.45, 7) is 0. The van der Waals surface area contributed by atoms with Crippen molar-refractivity contribution in [2.45, 2.75) is 0 Å². The quantitative estimate of drug-likeness (QED) is 0.895. The van der Waals surface area contributed by atoms with Gasteiger partial charge in [0.15, 0.2) is 0 Å². The monoisotopic (exact) mass is 308 g/mol. The van der Waals surface area contributed by atoms with Crippen molar-refractivity contribution >= 4 is 27.3 Å². The summed E-state index contributed by atoms with van der Waals surface area (Å²) in [6.07, 6.45) is 0. The van der Waals surface area contributed by atoms with Crippen LogP contribution in [0.1, 0.15) is 5.56 Å². The lowest BCUT2D eigenvalue weighted by molar-refractivity contribution is 0.621. The molecule has 0 bridgehead atoms. The fourth-order valence-corrected chi connectivity index (χ4v) is 1.85. The van der Waals surface area contributed by atoms with Gasteiger partial charge in [0.2, 0.25) is 0 Å². The minimum atomic E-state index is -0.594. The third-order valence-corrected chi connectivity index (χ3v) is 2.93. The Morgan fingerprint density at radius 3 is 2.56 bits per heavy atom. The van der Waals surface area contributed by atoms with Crippen LogP contribution in [0.4, 0.5) is 20.2 Å². The fourth-order valence-electron chi connectivity index (χ4n) is 1.47. The van der Waals surface area contributed by atoms with Gasteiger partial charge in [-0.1, -0.05) is 6.07 Å². The molecule has 0 amide bonds. The van der Waals surface area contributed by atoms with Gasteiger partial charge in [-0.05, 0) is 46.3 Å². The van der Waals surface area contributed by atoms with Crippen molar-refractivity contribution in [1.82, 2.24) is 0 Å². The zero-order chi connectivity index (χ0) is 13.1. The van der Waals surface area contributed by atoms with E-state index in [0.29, 0.717) is 15.8 Å². The molecule has 0 aliphatic rings. The number of benzene rings is 2. The van der Waals surface area contributed by atoms with Crippen molar-refractivity contribution in [1.29, 1.82) is 5.26 Å². The van der Waals surface area contributed by atoms with Crippen LogP contribution >= 0.6 is 15.9 Å². The van der Waals surface area contributed by atoms with Crippen LogP contribution in [-0.4, -0.2) is 0 Å². The minimum Gasteiger partial charge on any atom is -0.354 e. The van der Waals surface area contributed by atoms with Crippen LogP contribution in [0.2, 0.25) is 0 Å². The van der Waals surface area contributed by atoms with E-state index in [9.17, 15) is 8.78 Å². The van der Waals surface area contributed by atoms with E-state index >= 15 is 0 Å². The van der Waals surface area contributed by atoms with Gasteiger partial charge in [0.1, 0.15) is 23.3 Å². The third kappa shape index (κ3) is 2.49. The van der Waals surface area contributed by atoms with Gasteiger partial charge in [-0.3, -0.25) is 0 Å². The van der Waals surface area contributed by atoms with E-state index in [0.717, 1.165) is 0 Å². The SMILES string of the molecule is N#Cc1c(F)cccc1Nc1ccc(F)c(Br)c1. The average Bonchev–Trinajstić information content (AvgIpc) is 2.34. The topological polar surface area (TPSA) is 35.8 Å². The molecule has 0 heterocycles. The van der Waals surface area contributed by atoms with E-state index in [-0.39, 0.29) is 11.4 Å². The molecule has 90 valence electrons. The second kappa shape index (κ2) is 5.15. The maximum Gasteiger partial charge on any atom is 0.143 e. The third-order valence-electron chi connectivity index (χ3n) is 2.32. The number of nitrogens with one attached hydrogen (secondary N) is 1. The summed E-state index contributed by atoms with van der Waals surface area (Å²) in [5.74, 6) is -0.982. The van der Waals surface area contributed by atoms with Gasteiger partial charge in [0.25, 0.3) is 0 Å². The summed E-state index contributed by atoms with van der Waals surface area (Å²) in [7, 11) is 0. The Morgan fingerprint density at radius 1 is 1.11 bits per heavy atom. The van der Waals surface area contributed by atoms with E-state index in [4.69, 9.17) is 5.26 Å². The van der Waals surface area contributed by atoms with Crippen LogP contribution in [-0.2, 0) is 0 Å². The first kappa shape index (κ1) is 12.5. The summed E-state index contributed by atoms with van der Waals surface area (Å²) in [4.78, 5) is 0. The first-order chi connectivity index (χ1) is 8.61. The molecule has 2 aromatic carbocycles. The second-order valence-corrected chi connectivity index (χ2v) is 4.38. The van der Waals surface area contributed by atoms with Crippen LogP contribution in [0.15, 0.2) is 40.9 Å². The van der Waals surface area contributed by atoms with E-state index in [1.807, 2.05) is 0 Å². The molecule has 0 spiro atoms. The molecule has 5 heteroatoms. The Morgan fingerprint density at radius 2 is 1.89 bits per heavy atom. The number of hydrogen-bond acceptors (Lipinski definition) is 2. The van der Waals surface area contributed by atoms with Gasteiger partial charge >= 0.3 is 0 Å². The maximum absolute atomic E-state index is 13.4. The lowest BCUT2D eigenvalue weighted by Crippen LogP contribution is -1.96.